The van der Waals surface area contributed by atoms with Gasteiger partial charge in [-0.15, -0.1) is 0 Å². The molecule has 1 aliphatic heterocycles. The molecule has 5 nitrogen and oxygen atoms in total. The summed E-state index contributed by atoms with van der Waals surface area (Å²) in [7, 11) is 0. The molecule has 0 aliphatic carbocycles. The third kappa shape index (κ3) is 4.11. The molecule has 1 saturated heterocycles. The molecule has 0 aromatic heterocycles. The number of nitrogens with two attached hydrogens (primary N) is 1. The summed E-state index contributed by atoms with van der Waals surface area (Å²) in [6, 6.07) is 18.4. The normalized spacial score (nSPS) is 24.2. The lowest BCUT2D eigenvalue weighted by Crippen LogP contribution is -2.52. The van der Waals surface area contributed by atoms with E-state index in [0.717, 1.165) is 24.0 Å². The second-order valence-corrected chi connectivity index (χ2v) is 6.84. The predicted molar refractivity (Wildman–Crippen MR) is 101 cm³/mol. The van der Waals surface area contributed by atoms with Gasteiger partial charge in [0.1, 0.15) is 6.04 Å². The Morgan fingerprint density at radius 3 is 2.19 bits per heavy atom. The van der Waals surface area contributed by atoms with Gasteiger partial charge in [0.15, 0.2) is 0 Å². The van der Waals surface area contributed by atoms with Gasteiger partial charge in [0, 0.05) is 5.92 Å². The van der Waals surface area contributed by atoms with Crippen LogP contribution in [-0.2, 0) is 9.59 Å². The van der Waals surface area contributed by atoms with Crippen molar-refractivity contribution < 1.29 is 9.59 Å². The van der Waals surface area contributed by atoms with Gasteiger partial charge in [-0.1, -0.05) is 60.7 Å². The molecular formula is C21H25N3O2. The average Bonchev–Trinajstić information content (AvgIpc) is 2.82. The van der Waals surface area contributed by atoms with Crippen molar-refractivity contribution in [1.29, 1.82) is 0 Å². The molecule has 2 aromatic carbocycles. The first-order valence-electron chi connectivity index (χ1n) is 9.02. The first-order valence-corrected chi connectivity index (χ1v) is 9.02. The molecule has 4 atom stereocenters. The van der Waals surface area contributed by atoms with E-state index in [1.807, 2.05) is 60.7 Å². The van der Waals surface area contributed by atoms with E-state index in [4.69, 9.17) is 5.73 Å². The molecule has 0 spiro atoms. The lowest BCUT2D eigenvalue weighted by molar-refractivity contribution is -0.130. The largest absolute Gasteiger partial charge is 0.347 e. The van der Waals surface area contributed by atoms with Gasteiger partial charge in [-0.25, -0.2) is 0 Å². The van der Waals surface area contributed by atoms with Crippen LogP contribution in [0, 0.1) is 0 Å². The maximum Gasteiger partial charge on any atom is 0.243 e. The van der Waals surface area contributed by atoms with Crippen molar-refractivity contribution >= 4 is 11.8 Å². The summed E-state index contributed by atoms with van der Waals surface area (Å²) in [6.07, 6.45) is 1.59. The standard InChI is InChI=1S/C21H25N3O2/c1-14(22)20(25)24-19-17(15-8-4-2-5-9-15)12-13-18(23-21(19)26)16-10-6-3-7-11-16/h2-11,14,17-19H,12-13,22H2,1H3,(H,23,26)(H,24,25)/t14-,17+,18+,19-/m0/s1. The Balaban J connectivity index is 1.90. The minimum atomic E-state index is -0.660. The third-order valence-electron chi connectivity index (χ3n) is 4.91. The van der Waals surface area contributed by atoms with Crippen LogP contribution >= 0.6 is 0 Å². The second-order valence-electron chi connectivity index (χ2n) is 6.84. The molecule has 3 rings (SSSR count). The van der Waals surface area contributed by atoms with E-state index in [1.54, 1.807) is 6.92 Å². The summed E-state index contributed by atoms with van der Waals surface area (Å²) in [5.74, 6) is -0.573. The summed E-state index contributed by atoms with van der Waals surface area (Å²) < 4.78 is 0. The lowest BCUT2D eigenvalue weighted by atomic mass is 9.86. The second kappa shape index (κ2) is 8.15. The zero-order chi connectivity index (χ0) is 18.5. The minimum Gasteiger partial charge on any atom is -0.347 e. The van der Waals surface area contributed by atoms with Crippen molar-refractivity contribution in [3.05, 3.63) is 71.8 Å². The van der Waals surface area contributed by atoms with E-state index in [0.29, 0.717) is 0 Å². The molecule has 0 bridgehead atoms. The Morgan fingerprint density at radius 2 is 1.62 bits per heavy atom. The summed E-state index contributed by atoms with van der Waals surface area (Å²) >= 11 is 0. The molecule has 26 heavy (non-hydrogen) atoms. The van der Waals surface area contributed by atoms with Gasteiger partial charge in [0.2, 0.25) is 11.8 Å². The van der Waals surface area contributed by atoms with E-state index in [9.17, 15) is 9.59 Å². The molecule has 0 radical (unpaired) electrons. The summed E-state index contributed by atoms with van der Waals surface area (Å²) in [4.78, 5) is 25.2. The van der Waals surface area contributed by atoms with Crippen LogP contribution in [0.3, 0.4) is 0 Å². The van der Waals surface area contributed by atoms with Crippen LogP contribution in [0.1, 0.15) is 42.9 Å². The fourth-order valence-corrected chi connectivity index (χ4v) is 3.47. The number of amides is 2. The van der Waals surface area contributed by atoms with E-state index in [-0.39, 0.29) is 23.8 Å². The highest BCUT2D eigenvalue weighted by atomic mass is 16.2. The van der Waals surface area contributed by atoms with Gasteiger partial charge < -0.3 is 16.4 Å². The zero-order valence-electron chi connectivity index (χ0n) is 14.9. The Kier molecular flexibility index (Phi) is 5.68. The number of carbonyl (C=O) groups is 2. The molecule has 0 unspecified atom stereocenters. The van der Waals surface area contributed by atoms with Crippen LogP contribution in [0.2, 0.25) is 0 Å². The first-order chi connectivity index (χ1) is 12.6. The minimum absolute atomic E-state index is 0.0629. The third-order valence-corrected chi connectivity index (χ3v) is 4.91. The number of carbonyl (C=O) groups excluding carboxylic acids is 2. The van der Waals surface area contributed by atoms with Crippen molar-refractivity contribution in [1.82, 2.24) is 10.6 Å². The van der Waals surface area contributed by atoms with Crippen molar-refractivity contribution in [2.45, 2.75) is 43.8 Å². The van der Waals surface area contributed by atoms with E-state index in [2.05, 4.69) is 10.6 Å². The van der Waals surface area contributed by atoms with E-state index in [1.165, 1.54) is 0 Å². The fourth-order valence-electron chi connectivity index (χ4n) is 3.47. The average molecular weight is 351 g/mol. The molecule has 1 aliphatic rings. The van der Waals surface area contributed by atoms with Crippen molar-refractivity contribution in [3.63, 3.8) is 0 Å². The maximum atomic E-state index is 13.0. The fraction of sp³-hybridized carbons (Fsp3) is 0.333. The van der Waals surface area contributed by atoms with Crippen LogP contribution in [0.25, 0.3) is 0 Å². The Morgan fingerprint density at radius 1 is 1.04 bits per heavy atom. The van der Waals surface area contributed by atoms with Gasteiger partial charge >= 0.3 is 0 Å². The topological polar surface area (TPSA) is 84.2 Å². The van der Waals surface area contributed by atoms with Gasteiger partial charge in [-0.3, -0.25) is 9.59 Å². The number of hydrogen-bond acceptors (Lipinski definition) is 3. The monoisotopic (exact) mass is 351 g/mol. The maximum absolute atomic E-state index is 13.0. The quantitative estimate of drug-likeness (QED) is 0.790. The molecular weight excluding hydrogens is 326 g/mol. The Hall–Kier alpha value is -2.66. The first kappa shape index (κ1) is 18.1. The molecule has 2 aromatic rings. The van der Waals surface area contributed by atoms with Crippen molar-refractivity contribution in [2.75, 3.05) is 0 Å². The lowest BCUT2D eigenvalue weighted by Gasteiger charge is -2.25. The number of rotatable bonds is 4. The smallest absolute Gasteiger partial charge is 0.243 e. The predicted octanol–water partition coefficient (Wildman–Crippen LogP) is 2.25. The molecule has 5 heteroatoms. The highest BCUT2D eigenvalue weighted by Crippen LogP contribution is 2.32. The SMILES string of the molecule is C[C@H](N)C(=O)N[C@@H]1C(=O)N[C@@H](c2ccccc2)CC[C@@H]1c1ccccc1. The van der Waals surface area contributed by atoms with Crippen LogP contribution < -0.4 is 16.4 Å². The number of benzene rings is 2. The molecule has 136 valence electrons. The number of nitrogens with one attached hydrogen (secondary N) is 2. The van der Waals surface area contributed by atoms with Crippen molar-refractivity contribution in [3.8, 4) is 0 Å². The van der Waals surface area contributed by atoms with E-state index >= 15 is 0 Å². The van der Waals surface area contributed by atoms with Crippen LogP contribution in [0.5, 0.6) is 0 Å². The number of hydrogen-bond donors (Lipinski definition) is 3. The highest BCUT2D eigenvalue weighted by molar-refractivity contribution is 5.90. The van der Waals surface area contributed by atoms with Crippen molar-refractivity contribution in [2.24, 2.45) is 5.73 Å². The molecule has 2 amide bonds. The molecule has 0 saturated carbocycles. The highest BCUT2D eigenvalue weighted by Gasteiger charge is 2.36. The Bertz CT molecular complexity index is 746. The van der Waals surface area contributed by atoms with Crippen LogP contribution in [0.4, 0.5) is 0 Å². The van der Waals surface area contributed by atoms with Crippen LogP contribution in [0.15, 0.2) is 60.7 Å². The van der Waals surface area contributed by atoms with E-state index < -0.39 is 12.1 Å². The summed E-state index contributed by atoms with van der Waals surface area (Å²) in [6.45, 7) is 1.62. The summed E-state index contributed by atoms with van der Waals surface area (Å²) in [5.41, 5.74) is 7.82. The Labute approximate surface area is 154 Å². The van der Waals surface area contributed by atoms with Gasteiger partial charge in [0.25, 0.3) is 0 Å². The molecule has 1 heterocycles. The molecule has 4 N–H and O–H groups in total. The summed E-state index contributed by atoms with van der Waals surface area (Å²) in [5, 5.41) is 5.95. The molecule has 1 fully saturated rings. The van der Waals surface area contributed by atoms with Gasteiger partial charge in [-0.05, 0) is 30.9 Å². The van der Waals surface area contributed by atoms with Gasteiger partial charge in [0.05, 0.1) is 12.1 Å². The zero-order valence-corrected chi connectivity index (χ0v) is 14.9. The van der Waals surface area contributed by atoms with Gasteiger partial charge in [-0.2, -0.15) is 0 Å². The van der Waals surface area contributed by atoms with Crippen LogP contribution in [-0.4, -0.2) is 23.9 Å².